The molecule has 1 aromatic carbocycles. The molecular formula is C12H16BrNO3S. The summed E-state index contributed by atoms with van der Waals surface area (Å²) in [6.07, 6.45) is 1.73. The van der Waals surface area contributed by atoms with E-state index in [9.17, 15) is 8.42 Å². The third-order valence-corrected chi connectivity index (χ3v) is 5.10. The summed E-state index contributed by atoms with van der Waals surface area (Å²) in [6, 6.07) is 7.15. The van der Waals surface area contributed by atoms with E-state index in [1.807, 2.05) is 0 Å². The van der Waals surface area contributed by atoms with Gasteiger partial charge in [-0.15, -0.1) is 0 Å². The Hall–Kier alpha value is -0.590. The molecule has 2 rings (SSSR count). The fraction of sp³-hybridized carbons (Fsp3) is 0.500. The molecule has 0 aromatic heterocycles. The summed E-state index contributed by atoms with van der Waals surface area (Å²) in [5.41, 5.74) is 0.762. The normalized spacial score (nSPS) is 23.4. The van der Waals surface area contributed by atoms with Gasteiger partial charge in [-0.05, 0) is 30.5 Å². The Morgan fingerprint density at radius 1 is 1.33 bits per heavy atom. The highest BCUT2D eigenvalue weighted by Gasteiger charge is 2.30. The second-order valence-corrected chi connectivity index (χ2v) is 7.54. The summed E-state index contributed by atoms with van der Waals surface area (Å²) < 4.78 is 31.6. The van der Waals surface area contributed by atoms with Crippen molar-refractivity contribution in [3.8, 4) is 5.75 Å². The molecule has 0 aliphatic heterocycles. The molecule has 0 unspecified atom stereocenters. The Balaban J connectivity index is 1.94. The number of alkyl halides is 1. The van der Waals surface area contributed by atoms with Crippen molar-refractivity contribution in [1.82, 2.24) is 4.72 Å². The van der Waals surface area contributed by atoms with E-state index in [1.165, 1.54) is 0 Å². The number of methoxy groups -OCH3 is 1. The van der Waals surface area contributed by atoms with Crippen molar-refractivity contribution in [1.29, 1.82) is 0 Å². The van der Waals surface area contributed by atoms with E-state index in [4.69, 9.17) is 4.74 Å². The first-order valence-corrected chi connectivity index (χ1v) is 8.32. The molecule has 0 amide bonds. The lowest BCUT2D eigenvalue weighted by atomic mass is 9.94. The topological polar surface area (TPSA) is 55.4 Å². The molecule has 0 saturated heterocycles. The van der Waals surface area contributed by atoms with Gasteiger partial charge in [-0.2, -0.15) is 0 Å². The van der Waals surface area contributed by atoms with Gasteiger partial charge < -0.3 is 4.74 Å². The van der Waals surface area contributed by atoms with Crippen LogP contribution in [-0.2, 0) is 15.8 Å². The van der Waals surface area contributed by atoms with Gasteiger partial charge in [-0.3, -0.25) is 0 Å². The summed E-state index contributed by atoms with van der Waals surface area (Å²) in [5, 5.41) is 0. The molecule has 1 N–H and O–H groups in total. The Labute approximate surface area is 116 Å². The van der Waals surface area contributed by atoms with E-state index >= 15 is 0 Å². The van der Waals surface area contributed by atoms with Crippen molar-refractivity contribution in [3.63, 3.8) is 0 Å². The largest absolute Gasteiger partial charge is 0.497 e. The van der Waals surface area contributed by atoms with Crippen LogP contribution in [0.5, 0.6) is 5.75 Å². The predicted molar refractivity (Wildman–Crippen MR) is 74.5 cm³/mol. The van der Waals surface area contributed by atoms with Crippen LogP contribution in [0.4, 0.5) is 0 Å². The average molecular weight is 334 g/mol. The van der Waals surface area contributed by atoms with Crippen LogP contribution in [-0.4, -0.2) is 26.4 Å². The lowest BCUT2D eigenvalue weighted by Crippen LogP contribution is -2.45. The van der Waals surface area contributed by atoms with Gasteiger partial charge in [0, 0.05) is 10.9 Å². The highest BCUT2D eigenvalue weighted by molar-refractivity contribution is 9.09. The molecular weight excluding hydrogens is 318 g/mol. The number of ether oxygens (including phenoxy) is 1. The van der Waals surface area contributed by atoms with Gasteiger partial charge in [0.25, 0.3) is 0 Å². The van der Waals surface area contributed by atoms with Crippen LogP contribution in [0.3, 0.4) is 0 Å². The predicted octanol–water partition coefficient (Wildman–Crippen LogP) is 2.04. The van der Waals surface area contributed by atoms with E-state index in [1.54, 1.807) is 31.4 Å². The average Bonchev–Trinajstić information content (AvgIpc) is 2.27. The zero-order chi connectivity index (χ0) is 13.2. The Morgan fingerprint density at radius 3 is 2.44 bits per heavy atom. The summed E-state index contributed by atoms with van der Waals surface area (Å²) >= 11 is 3.44. The van der Waals surface area contributed by atoms with Crippen molar-refractivity contribution >= 4 is 26.0 Å². The molecule has 4 nitrogen and oxygen atoms in total. The van der Waals surface area contributed by atoms with E-state index in [-0.39, 0.29) is 11.8 Å². The fourth-order valence-electron chi connectivity index (χ4n) is 1.88. The molecule has 1 aromatic rings. The number of rotatable bonds is 5. The van der Waals surface area contributed by atoms with Crippen LogP contribution in [0.1, 0.15) is 18.4 Å². The summed E-state index contributed by atoms with van der Waals surface area (Å²) in [5.74, 6) is 0.741. The maximum atomic E-state index is 11.9. The maximum absolute atomic E-state index is 11.9. The van der Waals surface area contributed by atoms with Gasteiger partial charge in [0.05, 0.1) is 12.9 Å². The third-order valence-electron chi connectivity index (χ3n) is 2.94. The lowest BCUT2D eigenvalue weighted by molar-refractivity contribution is 0.401. The van der Waals surface area contributed by atoms with Gasteiger partial charge >= 0.3 is 0 Å². The van der Waals surface area contributed by atoms with Crippen molar-refractivity contribution in [2.24, 2.45) is 0 Å². The van der Waals surface area contributed by atoms with E-state index in [2.05, 4.69) is 20.7 Å². The molecule has 0 bridgehead atoms. The SMILES string of the molecule is COc1ccc(CS(=O)(=O)NC2CC(Br)C2)cc1. The van der Waals surface area contributed by atoms with Crippen LogP contribution < -0.4 is 9.46 Å². The molecule has 0 radical (unpaired) electrons. The first kappa shape index (κ1) is 13.8. The highest BCUT2D eigenvalue weighted by atomic mass is 79.9. The fourth-order valence-corrected chi connectivity index (χ4v) is 4.20. The first-order valence-electron chi connectivity index (χ1n) is 5.75. The smallest absolute Gasteiger partial charge is 0.216 e. The first-order chi connectivity index (χ1) is 8.48. The van der Waals surface area contributed by atoms with Crippen molar-refractivity contribution < 1.29 is 13.2 Å². The molecule has 1 saturated carbocycles. The van der Waals surface area contributed by atoms with E-state index in [0.717, 1.165) is 24.2 Å². The van der Waals surface area contributed by atoms with Crippen molar-refractivity contribution in [2.45, 2.75) is 29.5 Å². The molecule has 1 aliphatic carbocycles. The van der Waals surface area contributed by atoms with Crippen molar-refractivity contribution in [3.05, 3.63) is 29.8 Å². The standard InChI is InChI=1S/C12H16BrNO3S/c1-17-12-4-2-9(3-5-12)8-18(15,16)14-11-6-10(13)7-11/h2-5,10-11,14H,6-8H2,1H3. The van der Waals surface area contributed by atoms with Gasteiger partial charge in [0.15, 0.2) is 0 Å². The molecule has 0 heterocycles. The van der Waals surface area contributed by atoms with E-state index in [0.29, 0.717) is 4.83 Å². The van der Waals surface area contributed by atoms with Gasteiger partial charge in [-0.25, -0.2) is 13.1 Å². The Morgan fingerprint density at radius 2 is 1.94 bits per heavy atom. The number of halogens is 1. The second kappa shape index (κ2) is 5.59. The van der Waals surface area contributed by atoms with Crippen LogP contribution in [0.2, 0.25) is 0 Å². The summed E-state index contributed by atoms with van der Waals surface area (Å²) in [4.78, 5) is 0.450. The minimum Gasteiger partial charge on any atom is -0.497 e. The van der Waals surface area contributed by atoms with Gasteiger partial charge in [-0.1, -0.05) is 28.1 Å². The van der Waals surface area contributed by atoms with Crippen LogP contribution in [0, 0.1) is 0 Å². The zero-order valence-corrected chi connectivity index (χ0v) is 12.5. The molecule has 18 heavy (non-hydrogen) atoms. The quantitative estimate of drug-likeness (QED) is 0.839. The maximum Gasteiger partial charge on any atom is 0.216 e. The van der Waals surface area contributed by atoms with E-state index < -0.39 is 10.0 Å². The molecule has 1 fully saturated rings. The van der Waals surface area contributed by atoms with Gasteiger partial charge in [0.1, 0.15) is 5.75 Å². The number of sulfonamides is 1. The number of hydrogen-bond donors (Lipinski definition) is 1. The second-order valence-electron chi connectivity index (χ2n) is 4.49. The Kier molecular flexibility index (Phi) is 4.29. The molecule has 1 aliphatic rings. The minimum absolute atomic E-state index is 0.0143. The molecule has 6 heteroatoms. The number of benzene rings is 1. The highest BCUT2D eigenvalue weighted by Crippen LogP contribution is 2.27. The van der Waals surface area contributed by atoms with Crippen LogP contribution >= 0.6 is 15.9 Å². The Bertz CT molecular complexity index is 495. The molecule has 0 spiro atoms. The monoisotopic (exact) mass is 333 g/mol. The number of hydrogen-bond acceptors (Lipinski definition) is 3. The minimum atomic E-state index is -3.25. The summed E-state index contributed by atoms with van der Waals surface area (Å²) in [6.45, 7) is 0. The summed E-state index contributed by atoms with van der Waals surface area (Å²) in [7, 11) is -1.67. The molecule has 0 atom stereocenters. The number of nitrogens with one attached hydrogen (secondary N) is 1. The van der Waals surface area contributed by atoms with Crippen LogP contribution in [0.15, 0.2) is 24.3 Å². The van der Waals surface area contributed by atoms with Crippen molar-refractivity contribution in [2.75, 3.05) is 7.11 Å². The third kappa shape index (κ3) is 3.70. The van der Waals surface area contributed by atoms with Gasteiger partial charge in [0.2, 0.25) is 10.0 Å². The zero-order valence-electron chi connectivity index (χ0n) is 10.1. The lowest BCUT2D eigenvalue weighted by Gasteiger charge is -2.31. The molecule has 100 valence electrons. The van der Waals surface area contributed by atoms with Crippen LogP contribution in [0.25, 0.3) is 0 Å².